The van der Waals surface area contributed by atoms with Crippen molar-refractivity contribution in [3.8, 4) is 0 Å². The van der Waals surface area contributed by atoms with Crippen LogP contribution in [-0.4, -0.2) is 44.0 Å². The molecule has 1 fully saturated rings. The van der Waals surface area contributed by atoms with Gasteiger partial charge in [0.25, 0.3) is 0 Å². The molecule has 1 unspecified atom stereocenters. The highest BCUT2D eigenvalue weighted by Crippen LogP contribution is 2.25. The molecule has 1 rings (SSSR count). The van der Waals surface area contributed by atoms with Crippen LogP contribution in [0.2, 0.25) is 0 Å². The highest BCUT2D eigenvalue weighted by atomic mass is 16.6. The minimum atomic E-state index is -0.463. The third-order valence-electron chi connectivity index (χ3n) is 3.32. The summed E-state index contributed by atoms with van der Waals surface area (Å²) in [5.41, 5.74) is -0.219. The van der Waals surface area contributed by atoms with E-state index in [0.29, 0.717) is 5.92 Å². The molecule has 0 spiro atoms. The molecule has 1 aliphatic heterocycles. The molecule has 1 saturated heterocycles. The average Bonchev–Trinajstić information content (AvgIpc) is 2.22. The summed E-state index contributed by atoms with van der Waals surface area (Å²) in [5.74, 6) is 0.348. The number of ether oxygens (including phenoxy) is 2. The zero-order valence-corrected chi connectivity index (χ0v) is 13.7. The molecule has 0 aromatic carbocycles. The number of hydrogen-bond donors (Lipinski definition) is 2. The molecule has 118 valence electrons. The number of nitrogens with one attached hydrogen (secondary N) is 2. The molecule has 2 N–H and O–H groups in total. The lowest BCUT2D eigenvalue weighted by atomic mass is 9.88. The Balaban J connectivity index is 2.34. The van der Waals surface area contributed by atoms with Gasteiger partial charge in [-0.2, -0.15) is 0 Å². The summed E-state index contributed by atoms with van der Waals surface area (Å²) in [5, 5.41) is 6.37. The molecule has 1 heterocycles. The van der Waals surface area contributed by atoms with Crippen LogP contribution in [0.25, 0.3) is 0 Å². The Bertz CT molecular complexity index is 320. The quantitative estimate of drug-likeness (QED) is 0.785. The van der Waals surface area contributed by atoms with Gasteiger partial charge < -0.3 is 20.1 Å². The van der Waals surface area contributed by atoms with E-state index >= 15 is 0 Å². The SMILES string of the molecule is CC(C)C(CNCC1(C)COC1)NC(=O)OC(C)(C)C. The lowest BCUT2D eigenvalue weighted by Crippen LogP contribution is -2.52. The molecule has 0 aromatic heterocycles. The van der Waals surface area contributed by atoms with Crippen molar-refractivity contribution in [2.75, 3.05) is 26.3 Å². The fourth-order valence-corrected chi connectivity index (χ4v) is 1.99. The van der Waals surface area contributed by atoms with Gasteiger partial charge in [0.2, 0.25) is 0 Å². The molecule has 1 amide bonds. The van der Waals surface area contributed by atoms with Crippen molar-refractivity contribution in [3.63, 3.8) is 0 Å². The van der Waals surface area contributed by atoms with E-state index in [1.54, 1.807) is 0 Å². The minimum absolute atomic E-state index is 0.0643. The first-order valence-corrected chi connectivity index (χ1v) is 7.39. The van der Waals surface area contributed by atoms with Gasteiger partial charge in [-0.15, -0.1) is 0 Å². The molecule has 0 radical (unpaired) electrons. The highest BCUT2D eigenvalue weighted by molar-refractivity contribution is 5.68. The Labute approximate surface area is 122 Å². The van der Waals surface area contributed by atoms with Crippen molar-refractivity contribution in [2.45, 2.75) is 53.2 Å². The number of alkyl carbamates (subject to hydrolysis) is 1. The number of carbonyl (C=O) groups excluding carboxylic acids is 1. The Kier molecular flexibility index (Phi) is 5.83. The van der Waals surface area contributed by atoms with E-state index in [1.165, 1.54) is 0 Å². The molecule has 20 heavy (non-hydrogen) atoms. The van der Waals surface area contributed by atoms with Crippen LogP contribution in [0.5, 0.6) is 0 Å². The largest absolute Gasteiger partial charge is 0.444 e. The van der Waals surface area contributed by atoms with Crippen LogP contribution in [0, 0.1) is 11.3 Å². The molecule has 0 aliphatic carbocycles. The zero-order chi connectivity index (χ0) is 15.4. The van der Waals surface area contributed by atoms with Crippen LogP contribution in [0.15, 0.2) is 0 Å². The van der Waals surface area contributed by atoms with Crippen molar-refractivity contribution < 1.29 is 14.3 Å². The predicted molar refractivity (Wildman–Crippen MR) is 79.8 cm³/mol. The minimum Gasteiger partial charge on any atom is -0.444 e. The first-order valence-electron chi connectivity index (χ1n) is 7.39. The van der Waals surface area contributed by atoms with E-state index in [0.717, 1.165) is 26.3 Å². The van der Waals surface area contributed by atoms with Crippen LogP contribution >= 0.6 is 0 Å². The average molecular weight is 286 g/mol. The summed E-state index contributed by atoms with van der Waals surface area (Å²) in [6.45, 7) is 15.3. The first kappa shape index (κ1) is 17.2. The second-order valence-electron chi connectivity index (χ2n) is 7.43. The second kappa shape index (κ2) is 6.76. The molecule has 0 bridgehead atoms. The van der Waals surface area contributed by atoms with Crippen molar-refractivity contribution in [2.24, 2.45) is 11.3 Å². The highest BCUT2D eigenvalue weighted by Gasteiger charge is 2.33. The van der Waals surface area contributed by atoms with Gasteiger partial charge in [0, 0.05) is 24.5 Å². The third kappa shape index (κ3) is 6.09. The molecule has 5 nitrogen and oxygen atoms in total. The summed E-state index contributed by atoms with van der Waals surface area (Å²) < 4.78 is 10.5. The Hall–Kier alpha value is -0.810. The molecular weight excluding hydrogens is 256 g/mol. The Morgan fingerprint density at radius 1 is 1.35 bits per heavy atom. The van der Waals surface area contributed by atoms with Crippen LogP contribution in [0.3, 0.4) is 0 Å². The van der Waals surface area contributed by atoms with Crippen molar-refractivity contribution >= 4 is 6.09 Å². The fourth-order valence-electron chi connectivity index (χ4n) is 1.99. The zero-order valence-electron chi connectivity index (χ0n) is 13.7. The maximum absolute atomic E-state index is 11.8. The summed E-state index contributed by atoms with van der Waals surface area (Å²) in [6, 6.07) is 0.0643. The first-order chi connectivity index (χ1) is 9.11. The summed E-state index contributed by atoms with van der Waals surface area (Å²) in [4.78, 5) is 11.8. The van der Waals surface area contributed by atoms with Gasteiger partial charge in [0.15, 0.2) is 0 Å². The smallest absolute Gasteiger partial charge is 0.407 e. The second-order valence-corrected chi connectivity index (χ2v) is 7.43. The third-order valence-corrected chi connectivity index (χ3v) is 3.32. The number of carbonyl (C=O) groups is 1. The maximum atomic E-state index is 11.8. The Morgan fingerprint density at radius 3 is 2.35 bits per heavy atom. The van der Waals surface area contributed by atoms with Gasteiger partial charge in [-0.25, -0.2) is 4.79 Å². The molecule has 1 aliphatic rings. The van der Waals surface area contributed by atoms with Crippen molar-refractivity contribution in [1.29, 1.82) is 0 Å². The van der Waals surface area contributed by atoms with Gasteiger partial charge in [-0.1, -0.05) is 20.8 Å². The molecule has 1 atom stereocenters. The van der Waals surface area contributed by atoms with E-state index in [2.05, 4.69) is 31.4 Å². The van der Waals surface area contributed by atoms with Gasteiger partial charge in [0.1, 0.15) is 5.60 Å². The van der Waals surface area contributed by atoms with Gasteiger partial charge >= 0.3 is 6.09 Å². The monoisotopic (exact) mass is 286 g/mol. The van der Waals surface area contributed by atoms with Gasteiger partial charge in [-0.05, 0) is 26.7 Å². The Morgan fingerprint density at radius 2 is 1.95 bits per heavy atom. The number of rotatable bonds is 6. The van der Waals surface area contributed by atoms with Crippen LogP contribution < -0.4 is 10.6 Å². The van der Waals surface area contributed by atoms with Crippen molar-refractivity contribution in [3.05, 3.63) is 0 Å². The number of amides is 1. The van der Waals surface area contributed by atoms with Gasteiger partial charge in [0.05, 0.1) is 13.2 Å². The van der Waals surface area contributed by atoms with Crippen LogP contribution in [0.4, 0.5) is 4.79 Å². The molecule has 0 saturated carbocycles. The molecular formula is C15H30N2O3. The lowest BCUT2D eigenvalue weighted by molar-refractivity contribution is -0.0991. The van der Waals surface area contributed by atoms with Crippen molar-refractivity contribution in [1.82, 2.24) is 10.6 Å². The lowest BCUT2D eigenvalue weighted by Gasteiger charge is -2.38. The number of hydrogen-bond acceptors (Lipinski definition) is 4. The standard InChI is InChI=1S/C15H30N2O3/c1-11(2)12(17-13(18)20-14(3,4)5)7-16-8-15(6)9-19-10-15/h11-12,16H,7-10H2,1-6H3,(H,17,18). The summed E-state index contributed by atoms with van der Waals surface area (Å²) in [7, 11) is 0. The maximum Gasteiger partial charge on any atom is 0.407 e. The van der Waals surface area contributed by atoms with E-state index in [9.17, 15) is 4.79 Å². The van der Waals surface area contributed by atoms with E-state index in [1.807, 2.05) is 20.8 Å². The van der Waals surface area contributed by atoms with E-state index in [4.69, 9.17) is 9.47 Å². The summed E-state index contributed by atoms with van der Waals surface area (Å²) >= 11 is 0. The fraction of sp³-hybridized carbons (Fsp3) is 0.933. The van der Waals surface area contributed by atoms with Crippen LogP contribution in [-0.2, 0) is 9.47 Å². The topological polar surface area (TPSA) is 59.6 Å². The van der Waals surface area contributed by atoms with Crippen LogP contribution in [0.1, 0.15) is 41.5 Å². The summed E-state index contributed by atoms with van der Waals surface area (Å²) in [6.07, 6.45) is -0.351. The predicted octanol–water partition coefficient (Wildman–Crippen LogP) is 2.16. The van der Waals surface area contributed by atoms with Gasteiger partial charge in [-0.3, -0.25) is 0 Å². The molecule has 0 aromatic rings. The van der Waals surface area contributed by atoms with E-state index in [-0.39, 0.29) is 17.6 Å². The van der Waals surface area contributed by atoms with E-state index < -0.39 is 5.60 Å². The molecule has 5 heteroatoms. The normalized spacial score (nSPS) is 19.4.